The first kappa shape index (κ1) is 16.1. The van der Waals surface area contributed by atoms with Crippen molar-refractivity contribution in [1.82, 2.24) is 0 Å². The van der Waals surface area contributed by atoms with Gasteiger partial charge in [-0.15, -0.1) is 0 Å². The molecule has 0 unspecified atom stereocenters. The van der Waals surface area contributed by atoms with E-state index in [1.165, 1.54) is 0 Å². The van der Waals surface area contributed by atoms with E-state index < -0.39 is 0 Å². The van der Waals surface area contributed by atoms with Gasteiger partial charge in [-0.25, -0.2) is 0 Å². The molecule has 0 saturated carbocycles. The maximum atomic E-state index is 5.97. The quantitative estimate of drug-likeness (QED) is 0.743. The van der Waals surface area contributed by atoms with E-state index in [-0.39, 0.29) is 5.60 Å². The van der Waals surface area contributed by atoms with Crippen LogP contribution >= 0.6 is 0 Å². The fourth-order valence-electron chi connectivity index (χ4n) is 2.40. The first-order valence-electron chi connectivity index (χ1n) is 7.56. The van der Waals surface area contributed by atoms with E-state index in [0.717, 1.165) is 24.3 Å². The molecule has 1 aliphatic heterocycles. The van der Waals surface area contributed by atoms with Crippen molar-refractivity contribution in [3.63, 3.8) is 0 Å². The van der Waals surface area contributed by atoms with Gasteiger partial charge in [-0.1, -0.05) is 12.1 Å². The third-order valence-corrected chi connectivity index (χ3v) is 3.67. The Bertz CT molecular complexity index is 418. The van der Waals surface area contributed by atoms with Crippen LogP contribution in [0.3, 0.4) is 0 Å². The Kier molecular flexibility index (Phi) is 6.29. The Morgan fingerprint density at radius 1 is 1.10 bits per heavy atom. The van der Waals surface area contributed by atoms with Crippen LogP contribution in [0.25, 0.3) is 0 Å². The van der Waals surface area contributed by atoms with Gasteiger partial charge in [0.05, 0.1) is 18.8 Å². The van der Waals surface area contributed by atoms with Gasteiger partial charge in [0, 0.05) is 32.6 Å². The van der Waals surface area contributed by atoms with E-state index in [4.69, 9.17) is 24.7 Å². The zero-order chi connectivity index (χ0) is 15.0. The van der Waals surface area contributed by atoms with Crippen LogP contribution in [0.2, 0.25) is 0 Å². The summed E-state index contributed by atoms with van der Waals surface area (Å²) >= 11 is 0. The molecule has 1 aromatic carbocycles. The van der Waals surface area contributed by atoms with E-state index >= 15 is 0 Å². The molecule has 0 aliphatic carbocycles. The summed E-state index contributed by atoms with van der Waals surface area (Å²) in [7, 11) is 0. The minimum absolute atomic E-state index is 0.249. The second-order valence-electron chi connectivity index (χ2n) is 5.08. The number of rotatable bonds is 8. The summed E-state index contributed by atoms with van der Waals surface area (Å²) in [6, 6.07) is 7.66. The van der Waals surface area contributed by atoms with E-state index in [1.807, 2.05) is 31.2 Å². The van der Waals surface area contributed by atoms with Crippen LogP contribution in [0, 0.1) is 0 Å². The summed E-state index contributed by atoms with van der Waals surface area (Å²) in [5, 5.41) is 0. The Morgan fingerprint density at radius 3 is 2.38 bits per heavy atom. The lowest BCUT2D eigenvalue weighted by atomic mass is 9.94. The fraction of sp³-hybridized carbons (Fsp3) is 0.625. The molecule has 0 spiro atoms. The lowest BCUT2D eigenvalue weighted by molar-refractivity contribution is -0.109. The standard InChI is InChI=1S/C16H25NO4/c1-2-19-14-5-3-4-6-15(14)20-11-12-21-16(13-17)7-9-18-10-8-16/h3-6H,2,7-13,17H2,1H3. The van der Waals surface area contributed by atoms with Crippen molar-refractivity contribution in [2.45, 2.75) is 25.4 Å². The second-order valence-corrected chi connectivity index (χ2v) is 5.08. The van der Waals surface area contributed by atoms with Crippen molar-refractivity contribution >= 4 is 0 Å². The smallest absolute Gasteiger partial charge is 0.161 e. The summed E-state index contributed by atoms with van der Waals surface area (Å²) in [5.74, 6) is 1.51. The molecule has 0 atom stereocenters. The van der Waals surface area contributed by atoms with E-state index in [2.05, 4.69) is 0 Å². The first-order valence-corrected chi connectivity index (χ1v) is 7.56. The molecule has 2 rings (SSSR count). The summed E-state index contributed by atoms with van der Waals surface area (Å²) in [4.78, 5) is 0. The predicted molar refractivity (Wildman–Crippen MR) is 80.9 cm³/mol. The van der Waals surface area contributed by atoms with Gasteiger partial charge >= 0.3 is 0 Å². The van der Waals surface area contributed by atoms with Gasteiger partial charge in [-0.3, -0.25) is 0 Å². The average molecular weight is 295 g/mol. The van der Waals surface area contributed by atoms with Gasteiger partial charge in [0.1, 0.15) is 6.61 Å². The van der Waals surface area contributed by atoms with Crippen molar-refractivity contribution in [2.24, 2.45) is 5.73 Å². The molecule has 21 heavy (non-hydrogen) atoms. The van der Waals surface area contributed by atoms with Gasteiger partial charge in [0.25, 0.3) is 0 Å². The van der Waals surface area contributed by atoms with Gasteiger partial charge < -0.3 is 24.7 Å². The number of hydrogen-bond acceptors (Lipinski definition) is 5. The lowest BCUT2D eigenvalue weighted by Crippen LogP contribution is -2.46. The number of nitrogens with two attached hydrogens (primary N) is 1. The van der Waals surface area contributed by atoms with Crippen molar-refractivity contribution < 1.29 is 18.9 Å². The SMILES string of the molecule is CCOc1ccccc1OCCOC1(CN)CCOCC1. The molecule has 1 aliphatic rings. The van der Waals surface area contributed by atoms with Crippen molar-refractivity contribution in [3.8, 4) is 11.5 Å². The van der Waals surface area contributed by atoms with Crippen molar-refractivity contribution in [1.29, 1.82) is 0 Å². The number of ether oxygens (including phenoxy) is 4. The average Bonchev–Trinajstić information content (AvgIpc) is 2.54. The summed E-state index contributed by atoms with van der Waals surface area (Å²) in [6.07, 6.45) is 1.69. The molecule has 1 saturated heterocycles. The summed E-state index contributed by atoms with van der Waals surface area (Å²) in [6.45, 7) is 5.51. The minimum atomic E-state index is -0.249. The zero-order valence-corrected chi connectivity index (χ0v) is 12.7. The van der Waals surface area contributed by atoms with Gasteiger partial charge in [0.2, 0.25) is 0 Å². The molecule has 2 N–H and O–H groups in total. The Hall–Kier alpha value is -1.30. The number of benzene rings is 1. The summed E-state index contributed by atoms with van der Waals surface area (Å²) in [5.41, 5.74) is 5.60. The first-order chi connectivity index (χ1) is 10.3. The molecule has 118 valence electrons. The largest absolute Gasteiger partial charge is 0.490 e. The number of para-hydroxylation sites is 2. The molecule has 1 heterocycles. The fourth-order valence-corrected chi connectivity index (χ4v) is 2.40. The highest BCUT2D eigenvalue weighted by Crippen LogP contribution is 2.27. The highest BCUT2D eigenvalue weighted by molar-refractivity contribution is 5.39. The van der Waals surface area contributed by atoms with Crippen molar-refractivity contribution in [2.75, 3.05) is 39.6 Å². The Morgan fingerprint density at radius 2 is 1.76 bits per heavy atom. The topological polar surface area (TPSA) is 62.9 Å². The molecule has 5 nitrogen and oxygen atoms in total. The molecule has 0 bridgehead atoms. The van der Waals surface area contributed by atoms with Crippen LogP contribution in [0.1, 0.15) is 19.8 Å². The van der Waals surface area contributed by atoms with Crippen LogP contribution in [-0.2, 0) is 9.47 Å². The molecule has 1 fully saturated rings. The third-order valence-electron chi connectivity index (χ3n) is 3.67. The Labute approximate surface area is 126 Å². The van der Waals surface area contributed by atoms with Gasteiger partial charge in [-0.2, -0.15) is 0 Å². The molecule has 0 aromatic heterocycles. The molecular weight excluding hydrogens is 270 g/mol. The van der Waals surface area contributed by atoms with Crippen LogP contribution < -0.4 is 15.2 Å². The van der Waals surface area contributed by atoms with Crippen molar-refractivity contribution in [3.05, 3.63) is 24.3 Å². The molecule has 0 amide bonds. The minimum Gasteiger partial charge on any atom is -0.490 e. The monoisotopic (exact) mass is 295 g/mol. The Balaban J connectivity index is 1.79. The highest BCUT2D eigenvalue weighted by Gasteiger charge is 2.31. The molecule has 5 heteroatoms. The van der Waals surface area contributed by atoms with Crippen LogP contribution in [0.5, 0.6) is 11.5 Å². The highest BCUT2D eigenvalue weighted by atomic mass is 16.6. The molecule has 1 aromatic rings. The summed E-state index contributed by atoms with van der Waals surface area (Å²) < 4.78 is 22.6. The van der Waals surface area contributed by atoms with E-state index in [1.54, 1.807) is 0 Å². The maximum absolute atomic E-state index is 5.97. The zero-order valence-electron chi connectivity index (χ0n) is 12.7. The van der Waals surface area contributed by atoms with Crippen LogP contribution in [-0.4, -0.2) is 45.2 Å². The number of hydrogen-bond donors (Lipinski definition) is 1. The second kappa shape index (κ2) is 8.22. The maximum Gasteiger partial charge on any atom is 0.161 e. The van der Waals surface area contributed by atoms with Gasteiger partial charge in [0.15, 0.2) is 11.5 Å². The van der Waals surface area contributed by atoms with Crippen LogP contribution in [0.15, 0.2) is 24.3 Å². The predicted octanol–water partition coefficient (Wildman–Crippen LogP) is 1.99. The lowest BCUT2D eigenvalue weighted by Gasteiger charge is -2.36. The van der Waals surface area contributed by atoms with E-state index in [9.17, 15) is 0 Å². The van der Waals surface area contributed by atoms with Gasteiger partial charge in [-0.05, 0) is 19.1 Å². The third kappa shape index (κ3) is 4.59. The normalized spacial score (nSPS) is 17.4. The van der Waals surface area contributed by atoms with E-state index in [0.29, 0.717) is 39.6 Å². The molecular formula is C16H25NO4. The van der Waals surface area contributed by atoms with Crippen LogP contribution in [0.4, 0.5) is 0 Å². The molecule has 0 radical (unpaired) electrons.